The van der Waals surface area contributed by atoms with E-state index < -0.39 is 11.8 Å². The molecule has 2 rings (SSSR count). The Morgan fingerprint density at radius 1 is 1.58 bits per heavy atom. The lowest BCUT2D eigenvalue weighted by atomic mass is 10.2. The van der Waals surface area contributed by atoms with Crippen LogP contribution in [0.5, 0.6) is 0 Å². The second-order valence-corrected chi connectivity index (χ2v) is 4.41. The number of rotatable bonds is 3. The Balaban J connectivity index is 2.45. The molecule has 0 amide bonds. The van der Waals surface area contributed by atoms with E-state index in [0.717, 1.165) is 0 Å². The summed E-state index contributed by atoms with van der Waals surface area (Å²) in [7, 11) is 0. The first kappa shape index (κ1) is 13.5. The summed E-state index contributed by atoms with van der Waals surface area (Å²) in [6, 6.07) is 4.63. The predicted molar refractivity (Wildman–Crippen MR) is 70.0 cm³/mol. The number of oxazole rings is 1. The summed E-state index contributed by atoms with van der Waals surface area (Å²) in [5.74, 6) is -1.52. The fourth-order valence-corrected chi connectivity index (χ4v) is 1.83. The zero-order valence-electron chi connectivity index (χ0n) is 9.94. The number of esters is 1. The first-order chi connectivity index (χ1) is 9.04. The van der Waals surface area contributed by atoms with Crippen LogP contribution in [0, 0.1) is 5.82 Å². The Morgan fingerprint density at radius 2 is 2.32 bits per heavy atom. The van der Waals surface area contributed by atoms with Crippen LogP contribution in [0.4, 0.5) is 10.3 Å². The lowest BCUT2D eigenvalue weighted by Gasteiger charge is -1.99. The number of nitrogen functional groups attached to an aromatic ring is 1. The minimum atomic E-state index is -0.703. The highest BCUT2D eigenvalue weighted by Gasteiger charge is 2.22. The Kier molecular flexibility index (Phi) is 3.84. The van der Waals surface area contributed by atoms with Crippen molar-refractivity contribution in [2.75, 3.05) is 12.3 Å². The van der Waals surface area contributed by atoms with Crippen LogP contribution < -0.4 is 5.73 Å². The summed E-state index contributed by atoms with van der Waals surface area (Å²) in [5.41, 5.74) is 5.49. The highest BCUT2D eigenvalue weighted by molar-refractivity contribution is 9.10. The minimum absolute atomic E-state index is 0.0700. The lowest BCUT2D eigenvalue weighted by Crippen LogP contribution is -2.07. The van der Waals surface area contributed by atoms with Gasteiger partial charge in [-0.3, -0.25) is 0 Å². The van der Waals surface area contributed by atoms with Gasteiger partial charge in [-0.2, -0.15) is 4.98 Å². The second kappa shape index (κ2) is 5.40. The molecule has 2 N–H and O–H groups in total. The molecule has 1 aromatic carbocycles. The number of halogens is 2. The maximum absolute atomic E-state index is 13.9. The summed E-state index contributed by atoms with van der Waals surface area (Å²) in [4.78, 5) is 15.4. The van der Waals surface area contributed by atoms with Gasteiger partial charge >= 0.3 is 5.97 Å². The quantitative estimate of drug-likeness (QED) is 0.876. The molecule has 0 saturated carbocycles. The molecule has 2 aromatic rings. The molecule has 0 radical (unpaired) electrons. The SMILES string of the molecule is CCOC(=O)c1nc(-c2cccc(Br)c2F)oc1N. The van der Waals surface area contributed by atoms with Crippen LogP contribution in [0.3, 0.4) is 0 Å². The largest absolute Gasteiger partial charge is 0.461 e. The van der Waals surface area contributed by atoms with Gasteiger partial charge in [0.05, 0.1) is 16.6 Å². The van der Waals surface area contributed by atoms with E-state index in [1.165, 1.54) is 12.1 Å². The van der Waals surface area contributed by atoms with Crippen molar-refractivity contribution >= 4 is 27.8 Å². The maximum atomic E-state index is 13.9. The fraction of sp³-hybridized carbons (Fsp3) is 0.167. The van der Waals surface area contributed by atoms with Crippen molar-refractivity contribution in [3.63, 3.8) is 0 Å². The van der Waals surface area contributed by atoms with Crippen molar-refractivity contribution in [2.24, 2.45) is 0 Å². The number of benzene rings is 1. The molecular weight excluding hydrogens is 319 g/mol. The molecule has 0 spiro atoms. The van der Waals surface area contributed by atoms with Gasteiger partial charge in [-0.15, -0.1) is 0 Å². The number of carbonyl (C=O) groups is 1. The zero-order valence-corrected chi connectivity index (χ0v) is 11.5. The number of ether oxygens (including phenoxy) is 1. The molecule has 7 heteroatoms. The second-order valence-electron chi connectivity index (χ2n) is 3.55. The summed E-state index contributed by atoms with van der Waals surface area (Å²) in [6.45, 7) is 1.84. The number of anilines is 1. The molecule has 0 aliphatic heterocycles. The number of carbonyl (C=O) groups excluding carboxylic acids is 1. The third kappa shape index (κ3) is 2.60. The molecule has 0 saturated heterocycles. The van der Waals surface area contributed by atoms with Crippen molar-refractivity contribution in [3.05, 3.63) is 34.2 Å². The summed E-state index contributed by atoms with van der Waals surface area (Å²) < 4.78 is 24.0. The average molecular weight is 329 g/mol. The van der Waals surface area contributed by atoms with Crippen molar-refractivity contribution in [3.8, 4) is 11.5 Å². The molecule has 0 aliphatic carbocycles. The third-order valence-electron chi connectivity index (χ3n) is 2.30. The molecule has 0 unspecified atom stereocenters. The van der Waals surface area contributed by atoms with E-state index in [1.807, 2.05) is 0 Å². The molecule has 0 fully saturated rings. The van der Waals surface area contributed by atoms with E-state index in [2.05, 4.69) is 20.9 Å². The summed E-state index contributed by atoms with van der Waals surface area (Å²) in [6.07, 6.45) is 0. The van der Waals surface area contributed by atoms with Crippen molar-refractivity contribution < 1.29 is 18.3 Å². The number of aromatic nitrogens is 1. The first-order valence-electron chi connectivity index (χ1n) is 5.42. The van der Waals surface area contributed by atoms with E-state index in [-0.39, 0.29) is 34.1 Å². The first-order valence-corrected chi connectivity index (χ1v) is 6.21. The van der Waals surface area contributed by atoms with E-state index in [1.54, 1.807) is 13.0 Å². The number of nitrogens with zero attached hydrogens (tertiary/aromatic N) is 1. The Morgan fingerprint density at radius 3 is 3.00 bits per heavy atom. The van der Waals surface area contributed by atoms with Crippen LogP contribution in [-0.2, 0) is 4.74 Å². The average Bonchev–Trinajstić information content (AvgIpc) is 2.75. The fourth-order valence-electron chi connectivity index (χ4n) is 1.46. The standard InChI is InChI=1S/C12H10BrFN2O3/c1-2-18-12(17)9-10(15)19-11(16-9)6-4-3-5-7(13)8(6)14/h3-5H,2,15H2,1H3. The Labute approximate surface area is 116 Å². The summed E-state index contributed by atoms with van der Waals surface area (Å²) in [5, 5.41) is 0. The molecule has 0 bridgehead atoms. The summed E-state index contributed by atoms with van der Waals surface area (Å²) >= 11 is 3.06. The monoisotopic (exact) mass is 328 g/mol. The molecule has 19 heavy (non-hydrogen) atoms. The van der Waals surface area contributed by atoms with Crippen LogP contribution in [-0.4, -0.2) is 17.6 Å². The van der Waals surface area contributed by atoms with Gasteiger partial charge in [0.2, 0.25) is 17.5 Å². The van der Waals surface area contributed by atoms with Crippen molar-refractivity contribution in [1.82, 2.24) is 4.98 Å². The normalized spacial score (nSPS) is 10.5. The molecule has 1 heterocycles. The smallest absolute Gasteiger partial charge is 0.362 e. The van der Waals surface area contributed by atoms with Gasteiger partial charge < -0.3 is 14.9 Å². The van der Waals surface area contributed by atoms with E-state index in [0.29, 0.717) is 0 Å². The highest BCUT2D eigenvalue weighted by Crippen LogP contribution is 2.29. The number of nitrogens with two attached hydrogens (primary N) is 1. The third-order valence-corrected chi connectivity index (χ3v) is 2.92. The van der Waals surface area contributed by atoms with Crippen molar-refractivity contribution in [1.29, 1.82) is 0 Å². The van der Waals surface area contributed by atoms with Crippen LogP contribution in [0.15, 0.2) is 27.1 Å². The van der Waals surface area contributed by atoms with Gasteiger partial charge in [-0.25, -0.2) is 9.18 Å². The highest BCUT2D eigenvalue weighted by atomic mass is 79.9. The van der Waals surface area contributed by atoms with Crippen LogP contribution >= 0.6 is 15.9 Å². The van der Waals surface area contributed by atoms with E-state index in [4.69, 9.17) is 14.9 Å². The Bertz CT molecular complexity index is 627. The van der Waals surface area contributed by atoms with Gasteiger partial charge in [-0.1, -0.05) is 6.07 Å². The Hall–Kier alpha value is -1.89. The molecular formula is C12H10BrFN2O3. The number of hydrogen-bond donors (Lipinski definition) is 1. The van der Waals surface area contributed by atoms with Gasteiger partial charge in [0.1, 0.15) is 5.82 Å². The van der Waals surface area contributed by atoms with Crippen LogP contribution in [0.2, 0.25) is 0 Å². The molecule has 5 nitrogen and oxygen atoms in total. The van der Waals surface area contributed by atoms with Crippen molar-refractivity contribution in [2.45, 2.75) is 6.92 Å². The number of hydrogen-bond acceptors (Lipinski definition) is 5. The minimum Gasteiger partial charge on any atom is -0.461 e. The van der Waals surface area contributed by atoms with Crippen LogP contribution in [0.25, 0.3) is 11.5 Å². The van der Waals surface area contributed by atoms with E-state index in [9.17, 15) is 9.18 Å². The topological polar surface area (TPSA) is 78.3 Å². The zero-order chi connectivity index (χ0) is 14.0. The molecule has 0 atom stereocenters. The van der Waals surface area contributed by atoms with Crippen LogP contribution in [0.1, 0.15) is 17.4 Å². The lowest BCUT2D eigenvalue weighted by molar-refractivity contribution is 0.0521. The van der Waals surface area contributed by atoms with Gasteiger partial charge in [0.25, 0.3) is 0 Å². The van der Waals surface area contributed by atoms with Gasteiger partial charge in [0, 0.05) is 0 Å². The van der Waals surface area contributed by atoms with E-state index >= 15 is 0 Å². The predicted octanol–water partition coefficient (Wildman–Crippen LogP) is 3.00. The molecule has 100 valence electrons. The van der Waals surface area contributed by atoms with Gasteiger partial charge in [0.15, 0.2) is 0 Å². The molecule has 1 aromatic heterocycles. The van der Waals surface area contributed by atoms with Gasteiger partial charge in [-0.05, 0) is 35.0 Å². The maximum Gasteiger partial charge on any atom is 0.362 e. The molecule has 0 aliphatic rings.